The SMILES string of the molecule is CCC(C)(NC(=O)CCc1ccc(C(=O)O)cc1)c1nccs1. The van der Waals surface area contributed by atoms with Gasteiger partial charge in [0, 0.05) is 18.0 Å². The highest BCUT2D eigenvalue weighted by molar-refractivity contribution is 7.09. The van der Waals surface area contributed by atoms with Crippen LogP contribution in [0.25, 0.3) is 0 Å². The second-order valence-corrected chi connectivity index (χ2v) is 6.47. The molecule has 0 saturated heterocycles. The average molecular weight is 332 g/mol. The van der Waals surface area contributed by atoms with E-state index in [2.05, 4.69) is 10.3 Å². The van der Waals surface area contributed by atoms with Crippen LogP contribution < -0.4 is 5.32 Å². The zero-order chi connectivity index (χ0) is 16.9. The summed E-state index contributed by atoms with van der Waals surface area (Å²) < 4.78 is 0. The normalized spacial score (nSPS) is 13.3. The number of carboxylic acid groups (broad SMARTS) is 1. The third-order valence-electron chi connectivity index (χ3n) is 3.87. The van der Waals surface area contributed by atoms with Gasteiger partial charge in [-0.2, -0.15) is 0 Å². The van der Waals surface area contributed by atoms with Gasteiger partial charge in [0.15, 0.2) is 0 Å². The number of nitrogens with one attached hydrogen (secondary N) is 1. The van der Waals surface area contributed by atoms with Gasteiger partial charge in [0.05, 0.1) is 11.1 Å². The van der Waals surface area contributed by atoms with Crippen LogP contribution in [0.5, 0.6) is 0 Å². The van der Waals surface area contributed by atoms with Crippen LogP contribution in [0.4, 0.5) is 0 Å². The summed E-state index contributed by atoms with van der Waals surface area (Å²) in [7, 11) is 0. The van der Waals surface area contributed by atoms with Gasteiger partial charge < -0.3 is 10.4 Å². The number of carbonyl (C=O) groups excluding carboxylic acids is 1. The fraction of sp³-hybridized carbons (Fsp3) is 0.353. The highest BCUT2D eigenvalue weighted by Crippen LogP contribution is 2.26. The molecule has 0 radical (unpaired) electrons. The highest BCUT2D eigenvalue weighted by Gasteiger charge is 2.28. The fourth-order valence-electron chi connectivity index (χ4n) is 2.23. The molecule has 0 bridgehead atoms. The maximum absolute atomic E-state index is 12.2. The van der Waals surface area contributed by atoms with Crippen LogP contribution in [-0.2, 0) is 16.8 Å². The maximum atomic E-state index is 12.2. The van der Waals surface area contributed by atoms with E-state index >= 15 is 0 Å². The summed E-state index contributed by atoms with van der Waals surface area (Å²) in [5.74, 6) is -0.983. The van der Waals surface area contributed by atoms with Gasteiger partial charge in [-0.1, -0.05) is 19.1 Å². The number of aromatic carboxylic acids is 1. The Kier molecular flexibility index (Phi) is 5.50. The van der Waals surface area contributed by atoms with E-state index in [-0.39, 0.29) is 11.5 Å². The Labute approximate surface area is 139 Å². The molecule has 1 aromatic carbocycles. The Balaban J connectivity index is 1.93. The molecule has 0 fully saturated rings. The van der Waals surface area contributed by atoms with E-state index in [9.17, 15) is 9.59 Å². The second kappa shape index (κ2) is 7.37. The summed E-state index contributed by atoms with van der Waals surface area (Å²) in [4.78, 5) is 27.3. The monoisotopic (exact) mass is 332 g/mol. The third kappa shape index (κ3) is 4.39. The summed E-state index contributed by atoms with van der Waals surface area (Å²) in [5, 5.41) is 14.7. The molecule has 1 atom stereocenters. The molecule has 0 aliphatic heterocycles. The molecule has 2 aromatic rings. The molecule has 0 saturated carbocycles. The molecule has 1 unspecified atom stereocenters. The van der Waals surface area contributed by atoms with Crippen LogP contribution in [0, 0.1) is 0 Å². The lowest BCUT2D eigenvalue weighted by molar-refractivity contribution is -0.123. The second-order valence-electron chi connectivity index (χ2n) is 5.57. The molecule has 2 N–H and O–H groups in total. The number of rotatable bonds is 7. The van der Waals surface area contributed by atoms with Gasteiger partial charge in [0.25, 0.3) is 0 Å². The van der Waals surface area contributed by atoms with Gasteiger partial charge in [-0.05, 0) is 37.5 Å². The minimum absolute atomic E-state index is 0.0353. The number of aryl methyl sites for hydroxylation is 1. The van der Waals surface area contributed by atoms with Gasteiger partial charge in [-0.15, -0.1) is 11.3 Å². The predicted octanol–water partition coefficient (Wildman–Crippen LogP) is 3.22. The van der Waals surface area contributed by atoms with Crippen molar-refractivity contribution in [3.63, 3.8) is 0 Å². The van der Waals surface area contributed by atoms with Crippen molar-refractivity contribution in [3.8, 4) is 0 Å². The Hall–Kier alpha value is -2.21. The minimum Gasteiger partial charge on any atom is -0.478 e. The Morgan fingerprint density at radius 1 is 1.30 bits per heavy atom. The maximum Gasteiger partial charge on any atom is 0.335 e. The summed E-state index contributed by atoms with van der Waals surface area (Å²) in [6.07, 6.45) is 3.43. The van der Waals surface area contributed by atoms with Crippen LogP contribution >= 0.6 is 11.3 Å². The number of benzene rings is 1. The molecule has 2 rings (SSSR count). The van der Waals surface area contributed by atoms with Crippen molar-refractivity contribution < 1.29 is 14.7 Å². The summed E-state index contributed by atoms with van der Waals surface area (Å²) >= 11 is 1.53. The molecule has 122 valence electrons. The molecule has 1 amide bonds. The smallest absolute Gasteiger partial charge is 0.335 e. The molecular formula is C17H20N2O3S. The molecule has 1 heterocycles. The van der Waals surface area contributed by atoms with Gasteiger partial charge in [0.2, 0.25) is 5.91 Å². The van der Waals surface area contributed by atoms with E-state index < -0.39 is 11.5 Å². The zero-order valence-electron chi connectivity index (χ0n) is 13.2. The Morgan fingerprint density at radius 3 is 2.52 bits per heavy atom. The van der Waals surface area contributed by atoms with Crippen molar-refractivity contribution in [2.45, 2.75) is 38.6 Å². The lowest BCUT2D eigenvalue weighted by atomic mass is 9.99. The van der Waals surface area contributed by atoms with Crippen molar-refractivity contribution >= 4 is 23.2 Å². The van der Waals surface area contributed by atoms with Crippen LogP contribution in [0.1, 0.15) is 47.6 Å². The van der Waals surface area contributed by atoms with E-state index in [1.54, 1.807) is 30.5 Å². The van der Waals surface area contributed by atoms with Crippen molar-refractivity contribution in [1.82, 2.24) is 10.3 Å². The topological polar surface area (TPSA) is 79.3 Å². The fourth-order valence-corrected chi connectivity index (χ4v) is 3.06. The van der Waals surface area contributed by atoms with Crippen LogP contribution in [0.15, 0.2) is 35.8 Å². The molecular weight excluding hydrogens is 312 g/mol. The van der Waals surface area contributed by atoms with E-state index in [0.717, 1.165) is 17.0 Å². The third-order valence-corrected chi connectivity index (χ3v) is 4.91. The van der Waals surface area contributed by atoms with E-state index in [0.29, 0.717) is 12.8 Å². The highest BCUT2D eigenvalue weighted by atomic mass is 32.1. The summed E-state index contributed by atoms with van der Waals surface area (Å²) in [5.41, 5.74) is 0.747. The average Bonchev–Trinajstić information content (AvgIpc) is 3.08. The quantitative estimate of drug-likeness (QED) is 0.816. The van der Waals surface area contributed by atoms with Crippen LogP contribution in [0.2, 0.25) is 0 Å². The number of hydrogen-bond acceptors (Lipinski definition) is 4. The standard InChI is InChI=1S/C17H20N2O3S/c1-3-17(2,16-18-10-11-23-16)19-14(20)9-6-12-4-7-13(8-5-12)15(21)22/h4-5,7-8,10-11H,3,6,9H2,1-2H3,(H,19,20)(H,21,22). The first kappa shape index (κ1) is 17.1. The van der Waals surface area contributed by atoms with Crippen molar-refractivity contribution in [2.75, 3.05) is 0 Å². The van der Waals surface area contributed by atoms with Gasteiger partial charge in [-0.25, -0.2) is 9.78 Å². The van der Waals surface area contributed by atoms with Crippen LogP contribution in [-0.4, -0.2) is 22.0 Å². The number of amides is 1. The van der Waals surface area contributed by atoms with Crippen LogP contribution in [0.3, 0.4) is 0 Å². The van der Waals surface area contributed by atoms with E-state index in [1.807, 2.05) is 19.2 Å². The number of nitrogens with zero attached hydrogens (tertiary/aromatic N) is 1. The molecule has 0 aliphatic rings. The largest absolute Gasteiger partial charge is 0.478 e. The van der Waals surface area contributed by atoms with Gasteiger partial charge in [-0.3, -0.25) is 4.79 Å². The molecule has 0 spiro atoms. The number of carboxylic acids is 1. The molecule has 1 aromatic heterocycles. The number of thiazole rings is 1. The lowest BCUT2D eigenvalue weighted by Gasteiger charge is -2.27. The van der Waals surface area contributed by atoms with Crippen molar-refractivity contribution in [2.24, 2.45) is 0 Å². The van der Waals surface area contributed by atoms with Crippen molar-refractivity contribution in [1.29, 1.82) is 0 Å². The van der Waals surface area contributed by atoms with Crippen molar-refractivity contribution in [3.05, 3.63) is 52.0 Å². The number of carbonyl (C=O) groups is 2. The first-order valence-electron chi connectivity index (χ1n) is 7.48. The molecule has 23 heavy (non-hydrogen) atoms. The zero-order valence-corrected chi connectivity index (χ0v) is 14.0. The number of aromatic nitrogens is 1. The molecule has 0 aliphatic carbocycles. The Morgan fingerprint density at radius 2 is 2.00 bits per heavy atom. The minimum atomic E-state index is -0.948. The predicted molar refractivity (Wildman–Crippen MR) is 89.6 cm³/mol. The van der Waals surface area contributed by atoms with E-state index in [4.69, 9.17) is 5.11 Å². The number of hydrogen-bond donors (Lipinski definition) is 2. The van der Waals surface area contributed by atoms with E-state index in [1.165, 1.54) is 11.3 Å². The lowest BCUT2D eigenvalue weighted by Crippen LogP contribution is -2.43. The van der Waals surface area contributed by atoms with Gasteiger partial charge >= 0.3 is 5.97 Å². The summed E-state index contributed by atoms with van der Waals surface area (Å²) in [6.45, 7) is 4.00. The Bertz CT molecular complexity index is 668. The molecule has 5 nitrogen and oxygen atoms in total. The summed E-state index contributed by atoms with van der Waals surface area (Å²) in [6, 6.07) is 6.61. The van der Waals surface area contributed by atoms with Gasteiger partial charge in [0.1, 0.15) is 5.01 Å². The first-order valence-corrected chi connectivity index (χ1v) is 8.36. The first-order chi connectivity index (χ1) is 10.9. The molecule has 6 heteroatoms.